The van der Waals surface area contributed by atoms with Crippen molar-refractivity contribution < 1.29 is 9.53 Å². The highest BCUT2D eigenvalue weighted by Gasteiger charge is 2.23. The summed E-state index contributed by atoms with van der Waals surface area (Å²) in [7, 11) is 0. The second-order valence-electron chi connectivity index (χ2n) is 7.65. The number of amides is 1. The molecule has 0 bridgehead atoms. The molecule has 0 unspecified atom stereocenters. The highest BCUT2D eigenvalue weighted by molar-refractivity contribution is 7.24. The van der Waals surface area contributed by atoms with Gasteiger partial charge in [0.15, 0.2) is 5.65 Å². The zero-order valence-corrected chi connectivity index (χ0v) is 18.5. The van der Waals surface area contributed by atoms with Crippen LogP contribution >= 0.6 is 11.3 Å². The second kappa shape index (κ2) is 8.64. The van der Waals surface area contributed by atoms with Gasteiger partial charge in [-0.15, -0.1) is 11.3 Å². The minimum absolute atomic E-state index is 0.0387. The summed E-state index contributed by atoms with van der Waals surface area (Å²) in [6.45, 7) is 2.76. The number of aromatic nitrogens is 2. The zero-order valence-electron chi connectivity index (χ0n) is 17.7. The van der Waals surface area contributed by atoms with Crippen molar-refractivity contribution in [3.63, 3.8) is 0 Å². The Morgan fingerprint density at radius 3 is 2.82 bits per heavy atom. The Bertz CT molecular complexity index is 1480. The lowest BCUT2D eigenvalue weighted by Gasteiger charge is -2.27. The SMILES string of the molecule is N=CC=C(N)CNC(=O)c1c(=O)c2ccc(N3CCOCC3)nc2n2c1sc1ccccc12. The van der Waals surface area contributed by atoms with Gasteiger partial charge in [-0.25, -0.2) is 4.98 Å². The van der Waals surface area contributed by atoms with Gasteiger partial charge in [0.05, 0.1) is 35.4 Å². The first kappa shape index (κ1) is 21.1. The van der Waals surface area contributed by atoms with Crippen LogP contribution in [0.1, 0.15) is 10.4 Å². The minimum Gasteiger partial charge on any atom is -0.401 e. The van der Waals surface area contributed by atoms with Crippen LogP contribution in [-0.2, 0) is 4.74 Å². The maximum Gasteiger partial charge on any atom is 0.258 e. The first-order chi connectivity index (χ1) is 16.1. The molecule has 1 aliphatic rings. The van der Waals surface area contributed by atoms with E-state index in [1.807, 2.05) is 34.7 Å². The predicted molar refractivity (Wildman–Crippen MR) is 131 cm³/mol. The Labute approximate surface area is 192 Å². The van der Waals surface area contributed by atoms with Gasteiger partial charge in [-0.2, -0.15) is 0 Å². The molecule has 1 saturated heterocycles. The van der Waals surface area contributed by atoms with E-state index >= 15 is 0 Å². The van der Waals surface area contributed by atoms with E-state index in [4.69, 9.17) is 20.9 Å². The van der Waals surface area contributed by atoms with Crippen molar-refractivity contribution in [3.05, 3.63) is 64.0 Å². The molecule has 4 N–H and O–H groups in total. The van der Waals surface area contributed by atoms with E-state index in [2.05, 4.69) is 10.2 Å². The number of anilines is 1. The Morgan fingerprint density at radius 1 is 1.24 bits per heavy atom. The van der Waals surface area contributed by atoms with Gasteiger partial charge < -0.3 is 26.1 Å². The molecule has 1 aromatic carbocycles. The molecule has 1 aliphatic heterocycles. The molecule has 33 heavy (non-hydrogen) atoms. The molecular formula is C23H22N6O3S. The molecule has 9 nitrogen and oxygen atoms in total. The number of rotatable bonds is 5. The molecule has 3 aromatic heterocycles. The summed E-state index contributed by atoms with van der Waals surface area (Å²) in [5, 5.41) is 10.2. The number of thiazole rings is 1. The standard InChI is InChI=1S/C23H22N6O3S/c24-8-7-14(25)13-26-22(31)19-20(30)15-5-6-18(28-9-11-32-12-10-28)27-21(15)29-16-3-1-2-4-17(16)33-23(19)29/h1-8,24H,9-13,25H2,(H,26,31). The van der Waals surface area contributed by atoms with Crippen LogP contribution in [0.4, 0.5) is 5.82 Å². The van der Waals surface area contributed by atoms with Crippen LogP contribution in [0.2, 0.25) is 0 Å². The number of morpholine rings is 1. The molecule has 1 amide bonds. The molecule has 10 heteroatoms. The highest BCUT2D eigenvalue weighted by atomic mass is 32.1. The Balaban J connectivity index is 1.73. The van der Waals surface area contributed by atoms with Crippen molar-refractivity contribution in [2.75, 3.05) is 37.7 Å². The first-order valence-corrected chi connectivity index (χ1v) is 11.3. The van der Waals surface area contributed by atoms with Crippen LogP contribution in [0, 0.1) is 5.41 Å². The van der Waals surface area contributed by atoms with Crippen molar-refractivity contribution >= 4 is 55.4 Å². The van der Waals surface area contributed by atoms with Gasteiger partial charge in [0.2, 0.25) is 5.43 Å². The fourth-order valence-corrected chi connectivity index (χ4v) is 5.17. The summed E-state index contributed by atoms with van der Waals surface area (Å²) in [4.78, 5) is 34.1. The number of nitrogens with zero attached hydrogens (tertiary/aromatic N) is 3. The van der Waals surface area contributed by atoms with E-state index in [0.717, 1.165) is 35.3 Å². The number of nitrogens with two attached hydrogens (primary N) is 1. The summed E-state index contributed by atoms with van der Waals surface area (Å²) in [6.07, 6.45) is 2.44. The summed E-state index contributed by atoms with van der Waals surface area (Å²) in [5.74, 6) is 0.264. The molecule has 1 fully saturated rings. The van der Waals surface area contributed by atoms with Crippen LogP contribution < -0.4 is 21.4 Å². The average Bonchev–Trinajstić information content (AvgIpc) is 3.22. The third kappa shape index (κ3) is 3.73. The number of fused-ring (bicyclic) bond motifs is 5. The quantitative estimate of drug-likeness (QED) is 0.390. The molecule has 0 aliphatic carbocycles. The van der Waals surface area contributed by atoms with Gasteiger partial charge in [-0.05, 0) is 30.3 Å². The smallest absolute Gasteiger partial charge is 0.258 e. The lowest BCUT2D eigenvalue weighted by atomic mass is 10.1. The van der Waals surface area contributed by atoms with Crippen LogP contribution in [0.15, 0.2) is 53.0 Å². The lowest BCUT2D eigenvalue weighted by Crippen LogP contribution is -2.37. The van der Waals surface area contributed by atoms with Crippen LogP contribution in [-0.4, -0.2) is 54.4 Å². The predicted octanol–water partition coefficient (Wildman–Crippen LogP) is 2.12. The van der Waals surface area contributed by atoms with Crippen molar-refractivity contribution in [1.29, 1.82) is 5.41 Å². The number of hydrogen-bond donors (Lipinski definition) is 3. The Kier molecular flexibility index (Phi) is 5.53. The number of carbonyl (C=O) groups excluding carboxylic acids is 1. The maximum atomic E-state index is 13.5. The zero-order chi connectivity index (χ0) is 22.9. The first-order valence-electron chi connectivity index (χ1n) is 10.5. The molecule has 5 rings (SSSR count). The van der Waals surface area contributed by atoms with Gasteiger partial charge in [-0.3, -0.25) is 14.0 Å². The molecule has 0 saturated carbocycles. The fraction of sp³-hybridized carbons (Fsp3) is 0.217. The van der Waals surface area contributed by atoms with Gasteiger partial charge >= 0.3 is 0 Å². The number of benzene rings is 1. The summed E-state index contributed by atoms with van der Waals surface area (Å²) in [5.41, 5.74) is 7.21. The maximum absolute atomic E-state index is 13.5. The number of para-hydroxylation sites is 1. The van der Waals surface area contributed by atoms with E-state index in [-0.39, 0.29) is 17.5 Å². The molecule has 0 spiro atoms. The number of pyridine rings is 2. The lowest BCUT2D eigenvalue weighted by molar-refractivity contribution is 0.0957. The van der Waals surface area contributed by atoms with E-state index in [0.29, 0.717) is 34.8 Å². The molecule has 0 radical (unpaired) electrons. The van der Waals surface area contributed by atoms with Crippen molar-refractivity contribution in [2.24, 2.45) is 5.73 Å². The topological polar surface area (TPSA) is 126 Å². The van der Waals surface area contributed by atoms with Gasteiger partial charge in [0.25, 0.3) is 5.91 Å². The monoisotopic (exact) mass is 462 g/mol. The molecule has 0 atom stereocenters. The van der Waals surface area contributed by atoms with Crippen molar-refractivity contribution in [2.45, 2.75) is 0 Å². The average molecular weight is 463 g/mol. The van der Waals surface area contributed by atoms with Crippen molar-refractivity contribution in [1.82, 2.24) is 14.7 Å². The van der Waals surface area contributed by atoms with E-state index in [1.54, 1.807) is 6.07 Å². The second-order valence-corrected chi connectivity index (χ2v) is 8.68. The minimum atomic E-state index is -0.510. The van der Waals surface area contributed by atoms with Gasteiger partial charge in [-0.1, -0.05) is 12.1 Å². The normalized spacial score (nSPS) is 14.8. The number of ether oxygens (including phenoxy) is 1. The Morgan fingerprint density at radius 2 is 2.03 bits per heavy atom. The van der Waals surface area contributed by atoms with Gasteiger partial charge in [0.1, 0.15) is 16.2 Å². The third-order valence-electron chi connectivity index (χ3n) is 5.59. The largest absolute Gasteiger partial charge is 0.401 e. The van der Waals surface area contributed by atoms with E-state index in [9.17, 15) is 9.59 Å². The molecular weight excluding hydrogens is 440 g/mol. The summed E-state index contributed by atoms with van der Waals surface area (Å²) >= 11 is 1.38. The number of carbonyl (C=O) groups is 1. The highest BCUT2D eigenvalue weighted by Crippen LogP contribution is 2.31. The third-order valence-corrected chi connectivity index (χ3v) is 6.73. The molecule has 4 aromatic rings. The Hall–Kier alpha value is -3.76. The van der Waals surface area contributed by atoms with Crippen molar-refractivity contribution in [3.8, 4) is 0 Å². The number of nitrogens with one attached hydrogen (secondary N) is 2. The summed E-state index contributed by atoms with van der Waals surface area (Å²) in [6, 6.07) is 11.3. The van der Waals surface area contributed by atoms with E-state index in [1.165, 1.54) is 17.4 Å². The number of allylic oxidation sites excluding steroid dienone is 1. The summed E-state index contributed by atoms with van der Waals surface area (Å²) < 4.78 is 8.29. The van der Waals surface area contributed by atoms with Crippen LogP contribution in [0.25, 0.3) is 26.1 Å². The fourth-order valence-electron chi connectivity index (χ4n) is 3.98. The van der Waals surface area contributed by atoms with E-state index < -0.39 is 5.91 Å². The molecule has 168 valence electrons. The van der Waals surface area contributed by atoms with Crippen LogP contribution in [0.5, 0.6) is 0 Å². The molecule has 4 heterocycles. The van der Waals surface area contributed by atoms with Crippen LogP contribution in [0.3, 0.4) is 0 Å². The number of hydrogen-bond acceptors (Lipinski definition) is 8. The van der Waals surface area contributed by atoms with Gasteiger partial charge in [0, 0.05) is 25.0 Å².